The van der Waals surface area contributed by atoms with Crippen molar-refractivity contribution in [2.75, 3.05) is 12.8 Å². The monoisotopic (exact) mass is 310 g/mol. The average Bonchev–Trinajstić information content (AvgIpc) is 2.99. The summed E-state index contributed by atoms with van der Waals surface area (Å²) < 4.78 is 6.76. The minimum atomic E-state index is -1.16. The Morgan fingerprint density at radius 2 is 2.00 bits per heavy atom. The van der Waals surface area contributed by atoms with Gasteiger partial charge >= 0.3 is 5.97 Å². The molecule has 1 heterocycles. The molecule has 0 radical (unpaired) electrons. The summed E-state index contributed by atoms with van der Waals surface area (Å²) in [5, 5.41) is 17.2. The summed E-state index contributed by atoms with van der Waals surface area (Å²) in [6.45, 7) is 0. The van der Waals surface area contributed by atoms with Crippen molar-refractivity contribution in [3.63, 3.8) is 0 Å². The molecule has 0 aliphatic rings. The van der Waals surface area contributed by atoms with E-state index in [2.05, 4.69) is 10.3 Å². The number of rotatable bonds is 4. The summed E-state index contributed by atoms with van der Waals surface area (Å²) >= 11 is 0. The molecule has 0 spiro atoms. The normalized spacial score (nSPS) is 10.5. The lowest BCUT2D eigenvalue weighted by molar-refractivity contribution is 0.0691. The minimum absolute atomic E-state index is 0.151. The van der Waals surface area contributed by atoms with Gasteiger partial charge in [0.05, 0.1) is 7.11 Å². The van der Waals surface area contributed by atoms with Crippen LogP contribution in [0.25, 0.3) is 16.9 Å². The number of anilines is 1. The Morgan fingerprint density at radius 3 is 2.70 bits per heavy atom. The Hall–Kier alpha value is -3.35. The van der Waals surface area contributed by atoms with Crippen LogP contribution in [0.2, 0.25) is 0 Å². The number of hydrogen-bond donors (Lipinski definition) is 2. The summed E-state index contributed by atoms with van der Waals surface area (Å²) in [4.78, 5) is 11.5. The molecule has 23 heavy (non-hydrogen) atoms. The van der Waals surface area contributed by atoms with Gasteiger partial charge in [-0.1, -0.05) is 29.5 Å². The van der Waals surface area contributed by atoms with Crippen LogP contribution in [0.3, 0.4) is 0 Å². The fourth-order valence-electron chi connectivity index (χ4n) is 2.34. The molecule has 0 amide bonds. The van der Waals surface area contributed by atoms with Gasteiger partial charge in [-0.2, -0.15) is 0 Å². The Balaban J connectivity index is 2.29. The minimum Gasteiger partial charge on any atom is -0.494 e. The Morgan fingerprint density at radius 1 is 1.22 bits per heavy atom. The van der Waals surface area contributed by atoms with Crippen molar-refractivity contribution in [2.45, 2.75) is 0 Å². The number of aromatic carboxylic acids is 1. The number of nitrogens with two attached hydrogens (primary N) is 1. The van der Waals surface area contributed by atoms with Gasteiger partial charge in [0.1, 0.15) is 17.1 Å². The third kappa shape index (κ3) is 2.59. The predicted octanol–water partition coefficient (Wildman–Crippen LogP) is 2.22. The first-order valence-electron chi connectivity index (χ1n) is 6.80. The third-order valence-electron chi connectivity index (χ3n) is 3.35. The molecule has 0 saturated heterocycles. The van der Waals surface area contributed by atoms with Crippen LogP contribution in [-0.2, 0) is 0 Å². The second kappa shape index (κ2) is 5.80. The van der Waals surface area contributed by atoms with Gasteiger partial charge in [-0.05, 0) is 24.3 Å². The largest absolute Gasteiger partial charge is 0.494 e. The van der Waals surface area contributed by atoms with E-state index in [1.807, 2.05) is 12.1 Å². The van der Waals surface area contributed by atoms with Crippen molar-refractivity contribution in [1.29, 1.82) is 0 Å². The van der Waals surface area contributed by atoms with Gasteiger partial charge in [-0.15, -0.1) is 5.10 Å². The Kier molecular flexibility index (Phi) is 3.68. The number of nitrogen functional groups attached to an aromatic ring is 1. The van der Waals surface area contributed by atoms with Gasteiger partial charge in [0.2, 0.25) is 0 Å². The maximum absolute atomic E-state index is 11.5. The highest BCUT2D eigenvalue weighted by Gasteiger charge is 2.23. The highest BCUT2D eigenvalue weighted by atomic mass is 16.5. The van der Waals surface area contributed by atoms with E-state index >= 15 is 0 Å². The molecule has 0 bridgehead atoms. The summed E-state index contributed by atoms with van der Waals surface area (Å²) in [7, 11) is 1.54. The first-order chi connectivity index (χ1) is 11.1. The van der Waals surface area contributed by atoms with Crippen LogP contribution >= 0.6 is 0 Å². The number of carboxylic acids is 1. The fourth-order valence-corrected chi connectivity index (χ4v) is 2.34. The predicted molar refractivity (Wildman–Crippen MR) is 84.7 cm³/mol. The molecule has 3 rings (SSSR count). The lowest BCUT2D eigenvalue weighted by Gasteiger charge is -2.11. The van der Waals surface area contributed by atoms with Crippen molar-refractivity contribution in [3.8, 4) is 22.7 Å². The maximum Gasteiger partial charge on any atom is 0.358 e. The molecule has 0 aliphatic carbocycles. The first-order valence-corrected chi connectivity index (χ1v) is 6.80. The molecule has 0 atom stereocenters. The molecule has 0 unspecified atom stereocenters. The van der Waals surface area contributed by atoms with E-state index in [0.717, 1.165) is 0 Å². The third-order valence-corrected chi connectivity index (χ3v) is 3.35. The maximum atomic E-state index is 11.5. The van der Waals surface area contributed by atoms with Crippen LogP contribution in [0.5, 0.6) is 5.75 Å². The van der Waals surface area contributed by atoms with Gasteiger partial charge in [-0.3, -0.25) is 0 Å². The lowest BCUT2D eigenvalue weighted by Crippen LogP contribution is -2.05. The molecule has 2 aromatic carbocycles. The van der Waals surface area contributed by atoms with Gasteiger partial charge in [0.15, 0.2) is 5.69 Å². The standard InChI is InChI=1S/C16H14N4O3/c1-23-13-8-3-2-7-12(13)20-15(14(16(21)22)18-19-20)10-5-4-6-11(17)9-10/h2-9H,17H2,1H3,(H,21,22). The highest BCUT2D eigenvalue weighted by Crippen LogP contribution is 2.30. The number of methoxy groups -OCH3 is 1. The van der Waals surface area contributed by atoms with Crippen molar-refractivity contribution in [3.05, 3.63) is 54.2 Å². The zero-order chi connectivity index (χ0) is 16.4. The van der Waals surface area contributed by atoms with E-state index in [1.54, 1.807) is 36.4 Å². The van der Waals surface area contributed by atoms with Gasteiger partial charge in [0, 0.05) is 11.3 Å². The highest BCUT2D eigenvalue weighted by molar-refractivity contribution is 5.93. The first kappa shape index (κ1) is 14.6. The second-order valence-electron chi connectivity index (χ2n) is 4.80. The number of ether oxygens (including phenoxy) is 1. The zero-order valence-corrected chi connectivity index (χ0v) is 12.3. The topological polar surface area (TPSA) is 103 Å². The number of nitrogens with zero attached hydrogens (tertiary/aromatic N) is 3. The fraction of sp³-hybridized carbons (Fsp3) is 0.0625. The quantitative estimate of drug-likeness (QED) is 0.716. The molecule has 0 saturated carbocycles. The van der Waals surface area contributed by atoms with Gasteiger partial charge in [0.25, 0.3) is 0 Å². The van der Waals surface area contributed by atoms with Crippen LogP contribution in [0.1, 0.15) is 10.5 Å². The molecule has 3 aromatic rings. The van der Waals surface area contributed by atoms with E-state index in [4.69, 9.17) is 10.5 Å². The van der Waals surface area contributed by atoms with Crippen molar-refractivity contribution < 1.29 is 14.6 Å². The lowest BCUT2D eigenvalue weighted by atomic mass is 10.1. The summed E-state index contributed by atoms with van der Waals surface area (Å²) in [5.41, 5.74) is 7.72. The molecule has 7 nitrogen and oxygen atoms in total. The smallest absolute Gasteiger partial charge is 0.358 e. The number of aromatic nitrogens is 3. The summed E-state index contributed by atoms with van der Waals surface area (Å²) in [5.74, 6) is -0.608. The summed E-state index contributed by atoms with van der Waals surface area (Å²) in [6, 6.07) is 14.1. The van der Waals surface area contributed by atoms with Crippen LogP contribution < -0.4 is 10.5 Å². The number of carboxylic acid groups (broad SMARTS) is 1. The van der Waals surface area contributed by atoms with Crippen molar-refractivity contribution in [1.82, 2.24) is 15.0 Å². The van der Waals surface area contributed by atoms with Crippen LogP contribution in [0.15, 0.2) is 48.5 Å². The molecule has 0 aliphatic heterocycles. The average molecular weight is 310 g/mol. The molecule has 0 fully saturated rings. The molecular weight excluding hydrogens is 296 g/mol. The van der Waals surface area contributed by atoms with Gasteiger partial charge < -0.3 is 15.6 Å². The van der Waals surface area contributed by atoms with E-state index in [-0.39, 0.29) is 5.69 Å². The molecule has 116 valence electrons. The summed E-state index contributed by atoms with van der Waals surface area (Å²) in [6.07, 6.45) is 0. The Labute approximate surface area is 131 Å². The van der Waals surface area contributed by atoms with Crippen molar-refractivity contribution >= 4 is 11.7 Å². The van der Waals surface area contributed by atoms with E-state index in [0.29, 0.717) is 28.4 Å². The molecular formula is C16H14N4O3. The van der Waals surface area contributed by atoms with Crippen LogP contribution in [0, 0.1) is 0 Å². The van der Waals surface area contributed by atoms with Gasteiger partial charge in [-0.25, -0.2) is 9.48 Å². The van der Waals surface area contributed by atoms with E-state index in [1.165, 1.54) is 11.8 Å². The van der Waals surface area contributed by atoms with Crippen molar-refractivity contribution in [2.24, 2.45) is 0 Å². The van der Waals surface area contributed by atoms with E-state index < -0.39 is 5.97 Å². The number of carbonyl (C=O) groups is 1. The SMILES string of the molecule is COc1ccccc1-n1nnc(C(=O)O)c1-c1cccc(N)c1. The molecule has 7 heteroatoms. The number of benzene rings is 2. The number of para-hydroxylation sites is 2. The second-order valence-corrected chi connectivity index (χ2v) is 4.80. The molecule has 3 N–H and O–H groups in total. The van der Waals surface area contributed by atoms with E-state index in [9.17, 15) is 9.90 Å². The number of hydrogen-bond acceptors (Lipinski definition) is 5. The van der Waals surface area contributed by atoms with Crippen LogP contribution in [0.4, 0.5) is 5.69 Å². The molecule has 1 aromatic heterocycles. The van der Waals surface area contributed by atoms with Crippen LogP contribution in [-0.4, -0.2) is 33.2 Å². The Bertz CT molecular complexity index is 873. The zero-order valence-electron chi connectivity index (χ0n) is 12.3.